The largest absolute Gasteiger partial charge is 0.493 e. The molecule has 1 rings (SSSR count). The number of nitrogens with one attached hydrogen (secondary N) is 2. The Morgan fingerprint density at radius 1 is 1.04 bits per heavy atom. The molecule has 9 heteroatoms. The molecular formula is C17H25N3O6. The van der Waals surface area contributed by atoms with Crippen LogP contribution in [0.5, 0.6) is 17.2 Å². The number of ether oxygens (including phenoxy) is 3. The fourth-order valence-electron chi connectivity index (χ4n) is 2.03. The van der Waals surface area contributed by atoms with Gasteiger partial charge in [0.1, 0.15) is 6.04 Å². The van der Waals surface area contributed by atoms with Crippen molar-refractivity contribution in [1.29, 1.82) is 0 Å². The van der Waals surface area contributed by atoms with Gasteiger partial charge >= 0.3 is 0 Å². The van der Waals surface area contributed by atoms with Crippen molar-refractivity contribution >= 4 is 17.7 Å². The first-order chi connectivity index (χ1) is 12.2. The van der Waals surface area contributed by atoms with E-state index in [2.05, 4.69) is 10.6 Å². The van der Waals surface area contributed by atoms with Gasteiger partial charge in [0.15, 0.2) is 11.5 Å². The standard InChI is InChI=1S/C17H25N3O6/c1-10(16(22)18-9-14(21)20(2)3)19-17(23)11-7-12(24-4)15(26-6)13(8-11)25-5/h7-8,10H,9H2,1-6H3,(H,18,22)(H,19,23)/t10-/m0/s1. The van der Waals surface area contributed by atoms with Gasteiger partial charge in [0.2, 0.25) is 17.6 Å². The van der Waals surface area contributed by atoms with Gasteiger partial charge in [0.05, 0.1) is 27.9 Å². The van der Waals surface area contributed by atoms with Crippen LogP contribution in [0.15, 0.2) is 12.1 Å². The molecule has 1 aromatic rings. The Bertz CT molecular complexity index is 649. The van der Waals surface area contributed by atoms with E-state index in [1.165, 1.54) is 45.3 Å². The number of hydrogen-bond donors (Lipinski definition) is 2. The highest BCUT2D eigenvalue weighted by molar-refractivity contribution is 5.98. The summed E-state index contributed by atoms with van der Waals surface area (Å²) in [6.07, 6.45) is 0. The van der Waals surface area contributed by atoms with Gasteiger partial charge in [-0.1, -0.05) is 0 Å². The van der Waals surface area contributed by atoms with Crippen LogP contribution < -0.4 is 24.8 Å². The number of carbonyl (C=O) groups is 3. The molecule has 0 saturated carbocycles. The number of rotatable bonds is 8. The molecule has 0 unspecified atom stereocenters. The summed E-state index contributed by atoms with van der Waals surface area (Å²) in [5, 5.41) is 5.03. The van der Waals surface area contributed by atoms with Gasteiger partial charge in [-0.3, -0.25) is 14.4 Å². The first kappa shape index (κ1) is 21.1. The van der Waals surface area contributed by atoms with E-state index in [-0.39, 0.29) is 18.0 Å². The summed E-state index contributed by atoms with van der Waals surface area (Å²) in [4.78, 5) is 37.3. The zero-order valence-electron chi connectivity index (χ0n) is 15.8. The number of amides is 3. The van der Waals surface area contributed by atoms with E-state index < -0.39 is 17.9 Å². The molecule has 0 aliphatic carbocycles. The third-order valence-electron chi connectivity index (χ3n) is 3.58. The number of hydrogen-bond acceptors (Lipinski definition) is 6. The van der Waals surface area contributed by atoms with Crippen LogP contribution >= 0.6 is 0 Å². The van der Waals surface area contributed by atoms with E-state index in [0.29, 0.717) is 17.2 Å². The highest BCUT2D eigenvalue weighted by Gasteiger charge is 2.21. The fraction of sp³-hybridized carbons (Fsp3) is 0.471. The Kier molecular flexibility index (Phi) is 7.70. The molecule has 9 nitrogen and oxygen atoms in total. The molecule has 144 valence electrons. The number of benzene rings is 1. The van der Waals surface area contributed by atoms with E-state index in [0.717, 1.165) is 0 Å². The van der Waals surface area contributed by atoms with Crippen LogP contribution in [0.25, 0.3) is 0 Å². The number of methoxy groups -OCH3 is 3. The van der Waals surface area contributed by atoms with Crippen molar-refractivity contribution in [2.24, 2.45) is 0 Å². The topological polar surface area (TPSA) is 106 Å². The van der Waals surface area contributed by atoms with Gasteiger partial charge in [-0.15, -0.1) is 0 Å². The van der Waals surface area contributed by atoms with Crippen LogP contribution in [0.1, 0.15) is 17.3 Å². The van der Waals surface area contributed by atoms with E-state index in [4.69, 9.17) is 14.2 Å². The summed E-state index contributed by atoms with van der Waals surface area (Å²) >= 11 is 0. The Balaban J connectivity index is 2.83. The maximum atomic E-state index is 12.4. The molecule has 0 spiro atoms. The summed E-state index contributed by atoms with van der Waals surface area (Å²) in [6, 6.07) is 2.13. The SMILES string of the molecule is COc1cc(C(=O)N[C@@H](C)C(=O)NCC(=O)N(C)C)cc(OC)c1OC. The molecule has 1 atom stereocenters. The van der Waals surface area contributed by atoms with E-state index in [1.54, 1.807) is 14.1 Å². The second kappa shape index (κ2) is 9.50. The molecule has 0 aliphatic heterocycles. The van der Waals surface area contributed by atoms with Crippen molar-refractivity contribution in [3.05, 3.63) is 17.7 Å². The molecule has 0 radical (unpaired) electrons. The minimum Gasteiger partial charge on any atom is -0.493 e. The molecule has 0 saturated heterocycles. The molecule has 26 heavy (non-hydrogen) atoms. The molecule has 0 heterocycles. The van der Waals surface area contributed by atoms with Crippen molar-refractivity contribution < 1.29 is 28.6 Å². The molecular weight excluding hydrogens is 342 g/mol. The minimum absolute atomic E-state index is 0.143. The summed E-state index contributed by atoms with van der Waals surface area (Å²) < 4.78 is 15.6. The average molecular weight is 367 g/mol. The number of likely N-dealkylation sites (N-methyl/N-ethyl adjacent to an activating group) is 1. The van der Waals surface area contributed by atoms with Gasteiger partial charge in [-0.05, 0) is 19.1 Å². The Labute approximate surface area is 152 Å². The lowest BCUT2D eigenvalue weighted by Crippen LogP contribution is -2.47. The first-order valence-electron chi connectivity index (χ1n) is 7.83. The second-order valence-electron chi connectivity index (χ2n) is 5.62. The van der Waals surface area contributed by atoms with E-state index in [1.807, 2.05) is 0 Å². The molecule has 0 aliphatic rings. The first-order valence-corrected chi connectivity index (χ1v) is 7.83. The second-order valence-corrected chi connectivity index (χ2v) is 5.62. The van der Waals surface area contributed by atoms with Crippen molar-refractivity contribution in [1.82, 2.24) is 15.5 Å². The monoisotopic (exact) mass is 367 g/mol. The Morgan fingerprint density at radius 2 is 1.58 bits per heavy atom. The predicted molar refractivity (Wildman–Crippen MR) is 94.7 cm³/mol. The van der Waals surface area contributed by atoms with Crippen molar-refractivity contribution in [3.8, 4) is 17.2 Å². The smallest absolute Gasteiger partial charge is 0.252 e. The summed E-state index contributed by atoms with van der Waals surface area (Å²) in [6.45, 7) is 1.38. The Morgan fingerprint density at radius 3 is 2.00 bits per heavy atom. The average Bonchev–Trinajstić information content (AvgIpc) is 2.63. The lowest BCUT2D eigenvalue weighted by molar-refractivity contribution is -0.131. The molecule has 0 aromatic heterocycles. The van der Waals surface area contributed by atoms with Crippen LogP contribution in [-0.2, 0) is 9.59 Å². The molecule has 3 amide bonds. The zero-order chi connectivity index (χ0) is 19.9. The van der Waals surface area contributed by atoms with E-state index in [9.17, 15) is 14.4 Å². The molecule has 2 N–H and O–H groups in total. The summed E-state index contributed by atoms with van der Waals surface area (Å²) in [7, 11) is 7.52. The quantitative estimate of drug-likeness (QED) is 0.672. The summed E-state index contributed by atoms with van der Waals surface area (Å²) in [5.74, 6) is -0.204. The third-order valence-corrected chi connectivity index (χ3v) is 3.58. The normalized spacial score (nSPS) is 11.2. The van der Waals surface area contributed by atoms with Crippen LogP contribution in [-0.4, -0.2) is 70.6 Å². The predicted octanol–water partition coefficient (Wildman–Crippen LogP) is 0.0351. The van der Waals surface area contributed by atoms with Crippen LogP contribution in [0.2, 0.25) is 0 Å². The fourth-order valence-corrected chi connectivity index (χ4v) is 2.03. The van der Waals surface area contributed by atoms with Crippen molar-refractivity contribution in [2.75, 3.05) is 42.0 Å². The van der Waals surface area contributed by atoms with Gasteiger partial charge < -0.3 is 29.7 Å². The molecule has 1 aromatic carbocycles. The molecule has 0 bridgehead atoms. The molecule has 0 fully saturated rings. The maximum absolute atomic E-state index is 12.4. The lowest BCUT2D eigenvalue weighted by Gasteiger charge is -2.17. The zero-order valence-corrected chi connectivity index (χ0v) is 15.8. The maximum Gasteiger partial charge on any atom is 0.252 e. The van der Waals surface area contributed by atoms with Crippen molar-refractivity contribution in [2.45, 2.75) is 13.0 Å². The Hall–Kier alpha value is -2.97. The highest BCUT2D eigenvalue weighted by Crippen LogP contribution is 2.38. The number of nitrogens with zero attached hydrogens (tertiary/aromatic N) is 1. The van der Waals surface area contributed by atoms with Gasteiger partial charge in [0, 0.05) is 19.7 Å². The van der Waals surface area contributed by atoms with Crippen LogP contribution in [0.3, 0.4) is 0 Å². The van der Waals surface area contributed by atoms with Gasteiger partial charge in [-0.2, -0.15) is 0 Å². The van der Waals surface area contributed by atoms with Crippen molar-refractivity contribution in [3.63, 3.8) is 0 Å². The minimum atomic E-state index is -0.837. The van der Waals surface area contributed by atoms with Gasteiger partial charge in [-0.25, -0.2) is 0 Å². The highest BCUT2D eigenvalue weighted by atomic mass is 16.5. The lowest BCUT2D eigenvalue weighted by atomic mass is 10.1. The van der Waals surface area contributed by atoms with Crippen LogP contribution in [0.4, 0.5) is 0 Å². The van der Waals surface area contributed by atoms with Gasteiger partial charge in [0.25, 0.3) is 5.91 Å². The van der Waals surface area contributed by atoms with Crippen LogP contribution in [0, 0.1) is 0 Å². The van der Waals surface area contributed by atoms with E-state index >= 15 is 0 Å². The third kappa shape index (κ3) is 5.27. The summed E-state index contributed by atoms with van der Waals surface area (Å²) in [5.41, 5.74) is 0.239. The number of carbonyl (C=O) groups excluding carboxylic acids is 3.